The molecule has 138 valence electrons. The van der Waals surface area contributed by atoms with Gasteiger partial charge in [-0.3, -0.25) is 9.59 Å². The van der Waals surface area contributed by atoms with Crippen molar-refractivity contribution in [1.29, 1.82) is 0 Å². The van der Waals surface area contributed by atoms with Crippen molar-refractivity contribution in [3.05, 3.63) is 0 Å². The van der Waals surface area contributed by atoms with E-state index >= 15 is 0 Å². The second-order valence-electron chi connectivity index (χ2n) is 6.92. The number of unbranched alkanes of at least 4 members (excludes halogenated alkanes) is 1. The molecule has 0 N–H and O–H groups in total. The molecular weight excluding hydrogens is 308 g/mol. The maximum Gasteiger partial charge on any atom is 0.248 e. The first kappa shape index (κ1) is 19.2. The lowest BCUT2D eigenvalue weighted by molar-refractivity contribution is -0.143. The summed E-state index contributed by atoms with van der Waals surface area (Å²) in [7, 11) is 1.88. The zero-order chi connectivity index (χ0) is 17.4. The van der Waals surface area contributed by atoms with Gasteiger partial charge in [0.2, 0.25) is 11.8 Å². The number of piperidine rings is 1. The van der Waals surface area contributed by atoms with Crippen LogP contribution in [0.1, 0.15) is 45.4 Å². The van der Waals surface area contributed by atoms with E-state index in [0.717, 1.165) is 51.7 Å². The number of rotatable bonds is 8. The molecule has 0 aromatic heterocycles. The molecule has 0 aromatic carbocycles. The van der Waals surface area contributed by atoms with Crippen LogP contribution >= 0.6 is 0 Å². The monoisotopic (exact) mass is 340 g/mol. The molecule has 1 unspecified atom stereocenters. The second kappa shape index (κ2) is 9.99. The predicted octanol–water partition coefficient (Wildman–Crippen LogP) is 1.68. The summed E-state index contributed by atoms with van der Waals surface area (Å²) in [5.41, 5.74) is 0. The first-order chi connectivity index (χ1) is 11.6. The van der Waals surface area contributed by atoms with Gasteiger partial charge >= 0.3 is 0 Å². The first-order valence-electron chi connectivity index (χ1n) is 9.34. The fourth-order valence-corrected chi connectivity index (χ4v) is 3.34. The normalized spacial score (nSPS) is 21.9. The Bertz CT molecular complexity index is 402. The topological polar surface area (TPSA) is 59.1 Å². The molecule has 0 spiro atoms. The van der Waals surface area contributed by atoms with Gasteiger partial charge in [-0.1, -0.05) is 13.3 Å². The van der Waals surface area contributed by atoms with Crippen molar-refractivity contribution in [2.45, 2.75) is 51.6 Å². The molecule has 2 saturated heterocycles. The molecule has 0 saturated carbocycles. The average molecular weight is 340 g/mol. The van der Waals surface area contributed by atoms with Crippen molar-refractivity contribution in [3.63, 3.8) is 0 Å². The maximum absolute atomic E-state index is 12.4. The van der Waals surface area contributed by atoms with Crippen LogP contribution in [0.3, 0.4) is 0 Å². The van der Waals surface area contributed by atoms with E-state index in [9.17, 15) is 9.59 Å². The second-order valence-corrected chi connectivity index (χ2v) is 6.92. The van der Waals surface area contributed by atoms with E-state index in [2.05, 4.69) is 6.92 Å². The fraction of sp³-hybridized carbons (Fsp3) is 0.889. The number of ether oxygens (including phenoxy) is 2. The number of likely N-dealkylation sites (tertiary alicyclic amines) is 1. The summed E-state index contributed by atoms with van der Waals surface area (Å²) in [6, 6.07) is 0. The van der Waals surface area contributed by atoms with Crippen LogP contribution in [-0.2, 0) is 19.1 Å². The zero-order valence-electron chi connectivity index (χ0n) is 15.2. The summed E-state index contributed by atoms with van der Waals surface area (Å²) >= 11 is 0. The molecule has 2 amide bonds. The summed E-state index contributed by atoms with van der Waals surface area (Å²) in [5, 5.41) is 0. The van der Waals surface area contributed by atoms with Crippen LogP contribution in [0.4, 0.5) is 0 Å². The number of nitrogens with zero attached hydrogens (tertiary/aromatic N) is 2. The summed E-state index contributed by atoms with van der Waals surface area (Å²) < 4.78 is 11.0. The van der Waals surface area contributed by atoms with Gasteiger partial charge in [-0.05, 0) is 32.1 Å². The third-order valence-corrected chi connectivity index (χ3v) is 4.97. The van der Waals surface area contributed by atoms with E-state index in [1.54, 1.807) is 0 Å². The number of hydrogen-bond acceptors (Lipinski definition) is 4. The van der Waals surface area contributed by atoms with Crippen LogP contribution in [0.2, 0.25) is 0 Å². The molecule has 24 heavy (non-hydrogen) atoms. The molecule has 2 aliphatic rings. The molecule has 0 aromatic rings. The number of carbonyl (C=O) groups excluding carboxylic acids is 2. The van der Waals surface area contributed by atoms with E-state index in [1.165, 1.54) is 0 Å². The quantitative estimate of drug-likeness (QED) is 0.674. The van der Waals surface area contributed by atoms with Crippen molar-refractivity contribution in [1.82, 2.24) is 9.80 Å². The highest BCUT2D eigenvalue weighted by Gasteiger charge is 2.29. The number of amides is 2. The van der Waals surface area contributed by atoms with Crippen molar-refractivity contribution in [3.8, 4) is 0 Å². The molecule has 2 aliphatic heterocycles. The lowest BCUT2D eigenvalue weighted by Gasteiger charge is -2.33. The summed E-state index contributed by atoms with van der Waals surface area (Å²) in [6.07, 6.45) is 5.90. The van der Waals surface area contributed by atoms with Gasteiger partial charge in [0.1, 0.15) is 6.61 Å². The van der Waals surface area contributed by atoms with Gasteiger partial charge in [0.15, 0.2) is 0 Å². The van der Waals surface area contributed by atoms with Gasteiger partial charge in [-0.2, -0.15) is 0 Å². The van der Waals surface area contributed by atoms with Crippen LogP contribution in [0.15, 0.2) is 0 Å². The predicted molar refractivity (Wildman–Crippen MR) is 91.6 cm³/mol. The van der Waals surface area contributed by atoms with Gasteiger partial charge < -0.3 is 19.3 Å². The fourth-order valence-electron chi connectivity index (χ4n) is 3.34. The van der Waals surface area contributed by atoms with Crippen LogP contribution in [0, 0.1) is 5.92 Å². The molecule has 2 fully saturated rings. The SMILES string of the molecule is CCCCN(C)C(=O)C1CCN(C(=O)COCC2CCCO2)CC1. The van der Waals surface area contributed by atoms with Gasteiger partial charge in [-0.25, -0.2) is 0 Å². The highest BCUT2D eigenvalue weighted by molar-refractivity contribution is 5.80. The molecule has 2 heterocycles. The van der Waals surface area contributed by atoms with Gasteiger partial charge in [0, 0.05) is 39.2 Å². The molecule has 6 nitrogen and oxygen atoms in total. The van der Waals surface area contributed by atoms with Crippen molar-refractivity contribution in [2.75, 3.05) is 46.5 Å². The summed E-state index contributed by atoms with van der Waals surface area (Å²) in [5.74, 6) is 0.312. The molecule has 1 atom stereocenters. The summed E-state index contributed by atoms with van der Waals surface area (Å²) in [4.78, 5) is 28.2. The Morgan fingerprint density at radius 3 is 2.62 bits per heavy atom. The minimum absolute atomic E-state index is 0.0261. The Balaban J connectivity index is 1.63. The Labute approximate surface area is 145 Å². The molecular formula is C18H32N2O4. The lowest BCUT2D eigenvalue weighted by atomic mass is 9.95. The Morgan fingerprint density at radius 1 is 1.25 bits per heavy atom. The maximum atomic E-state index is 12.4. The summed E-state index contributed by atoms with van der Waals surface area (Å²) in [6.45, 7) is 5.68. The van der Waals surface area contributed by atoms with Crippen LogP contribution in [0.25, 0.3) is 0 Å². The first-order valence-corrected chi connectivity index (χ1v) is 9.34. The van der Waals surface area contributed by atoms with Gasteiger partial charge in [0.05, 0.1) is 12.7 Å². The van der Waals surface area contributed by atoms with E-state index < -0.39 is 0 Å². The van der Waals surface area contributed by atoms with E-state index in [0.29, 0.717) is 19.7 Å². The van der Waals surface area contributed by atoms with Crippen molar-refractivity contribution >= 4 is 11.8 Å². The van der Waals surface area contributed by atoms with Gasteiger partial charge in [0.25, 0.3) is 0 Å². The Hall–Kier alpha value is -1.14. The Kier molecular flexibility index (Phi) is 7.99. The zero-order valence-corrected chi connectivity index (χ0v) is 15.2. The minimum Gasteiger partial charge on any atom is -0.376 e. The van der Waals surface area contributed by atoms with Crippen molar-refractivity contribution < 1.29 is 19.1 Å². The lowest BCUT2D eigenvalue weighted by Crippen LogP contribution is -2.44. The van der Waals surface area contributed by atoms with E-state index in [4.69, 9.17) is 9.47 Å². The molecule has 6 heteroatoms. The average Bonchev–Trinajstić information content (AvgIpc) is 3.12. The Morgan fingerprint density at radius 2 is 2.00 bits per heavy atom. The van der Waals surface area contributed by atoms with E-state index in [1.807, 2.05) is 16.8 Å². The van der Waals surface area contributed by atoms with Crippen LogP contribution < -0.4 is 0 Å². The minimum atomic E-state index is 0.0261. The standard InChI is InChI=1S/C18H32N2O4/c1-3-4-9-19(2)18(22)15-7-10-20(11-8-15)17(21)14-23-13-16-6-5-12-24-16/h15-16H,3-14H2,1-2H3. The van der Waals surface area contributed by atoms with Crippen molar-refractivity contribution in [2.24, 2.45) is 5.92 Å². The van der Waals surface area contributed by atoms with Gasteiger partial charge in [-0.15, -0.1) is 0 Å². The third-order valence-electron chi connectivity index (χ3n) is 4.97. The molecule has 0 bridgehead atoms. The van der Waals surface area contributed by atoms with Crippen LogP contribution in [0.5, 0.6) is 0 Å². The molecule has 2 rings (SSSR count). The van der Waals surface area contributed by atoms with E-state index in [-0.39, 0.29) is 30.4 Å². The number of carbonyl (C=O) groups is 2. The van der Waals surface area contributed by atoms with Crippen LogP contribution in [-0.4, -0.2) is 74.2 Å². The highest BCUT2D eigenvalue weighted by atomic mass is 16.5. The largest absolute Gasteiger partial charge is 0.376 e. The highest BCUT2D eigenvalue weighted by Crippen LogP contribution is 2.20. The molecule has 0 aliphatic carbocycles. The molecule has 0 radical (unpaired) electrons. The smallest absolute Gasteiger partial charge is 0.248 e. The number of hydrogen-bond donors (Lipinski definition) is 0. The third kappa shape index (κ3) is 5.74.